The summed E-state index contributed by atoms with van der Waals surface area (Å²) < 4.78 is 5.01. The highest BCUT2D eigenvalue weighted by Gasteiger charge is 2.20. The Bertz CT molecular complexity index is 1040. The molecular weight excluding hydrogens is 366 g/mol. The van der Waals surface area contributed by atoms with Crippen LogP contribution in [0.4, 0.5) is 0 Å². The average Bonchev–Trinajstić information content (AvgIpc) is 3.12. The maximum Gasteiger partial charge on any atom is 0.417 e. The van der Waals surface area contributed by atoms with E-state index in [0.717, 1.165) is 38.3 Å². The Hall–Kier alpha value is -3.12. The molecule has 1 aromatic heterocycles. The van der Waals surface area contributed by atoms with Crippen LogP contribution in [0.25, 0.3) is 17.2 Å². The first-order valence-corrected chi connectivity index (χ1v) is 10.0. The van der Waals surface area contributed by atoms with Gasteiger partial charge in [-0.15, -0.1) is 0 Å². The molecule has 2 heterocycles. The van der Waals surface area contributed by atoms with Gasteiger partial charge in [-0.25, -0.2) is 4.79 Å². The molecule has 4 rings (SSSR count). The van der Waals surface area contributed by atoms with Crippen molar-refractivity contribution in [3.8, 4) is 0 Å². The number of benzene rings is 2. The molecule has 1 saturated heterocycles. The number of carbonyl (C=O) groups excluding carboxylic acids is 1. The zero-order chi connectivity index (χ0) is 20.1. The lowest BCUT2D eigenvalue weighted by molar-refractivity contribution is -0.132. The zero-order valence-corrected chi connectivity index (χ0v) is 16.3. The Morgan fingerprint density at radius 2 is 1.86 bits per heavy atom. The summed E-state index contributed by atoms with van der Waals surface area (Å²) in [4.78, 5) is 30.8. The quantitative estimate of drug-likeness (QED) is 0.702. The number of hydrogen-bond donors (Lipinski definition) is 1. The third kappa shape index (κ3) is 5.03. The number of nitrogens with one attached hydrogen (secondary N) is 1. The van der Waals surface area contributed by atoms with Crippen LogP contribution in [0.1, 0.15) is 17.5 Å². The molecule has 0 radical (unpaired) electrons. The highest BCUT2D eigenvalue weighted by atomic mass is 16.4. The Balaban J connectivity index is 1.22. The molecule has 150 valence electrons. The molecular formula is C23H25N3O3. The molecule has 0 spiro atoms. The molecule has 0 bridgehead atoms. The Labute approximate surface area is 169 Å². The maximum absolute atomic E-state index is 12.6. The molecule has 0 atom stereocenters. The van der Waals surface area contributed by atoms with Crippen LogP contribution in [-0.4, -0.2) is 53.4 Å². The van der Waals surface area contributed by atoms with Gasteiger partial charge in [0.25, 0.3) is 0 Å². The number of carbonyl (C=O) groups is 1. The minimum atomic E-state index is -0.454. The van der Waals surface area contributed by atoms with E-state index in [0.29, 0.717) is 23.9 Å². The fourth-order valence-electron chi connectivity index (χ4n) is 3.65. The van der Waals surface area contributed by atoms with Gasteiger partial charge < -0.3 is 9.32 Å². The SMILES string of the molecule is O=C(CCc1ccc2oc(=O)[nH]c2c1)N1CCN(C/C=C/c2ccccc2)CC1. The first-order valence-electron chi connectivity index (χ1n) is 10.0. The number of amides is 1. The van der Waals surface area contributed by atoms with E-state index in [4.69, 9.17) is 4.42 Å². The van der Waals surface area contributed by atoms with Crippen molar-refractivity contribution in [2.75, 3.05) is 32.7 Å². The lowest BCUT2D eigenvalue weighted by Crippen LogP contribution is -2.48. The van der Waals surface area contributed by atoms with Gasteiger partial charge in [0.2, 0.25) is 5.91 Å². The number of aryl methyl sites for hydroxylation is 1. The van der Waals surface area contributed by atoms with E-state index in [1.165, 1.54) is 5.56 Å². The topological polar surface area (TPSA) is 69.5 Å². The molecule has 2 aromatic carbocycles. The van der Waals surface area contributed by atoms with Gasteiger partial charge in [-0.1, -0.05) is 48.6 Å². The van der Waals surface area contributed by atoms with Crippen LogP contribution in [-0.2, 0) is 11.2 Å². The molecule has 0 aliphatic carbocycles. The summed E-state index contributed by atoms with van der Waals surface area (Å²) >= 11 is 0. The summed E-state index contributed by atoms with van der Waals surface area (Å²) in [7, 11) is 0. The summed E-state index contributed by atoms with van der Waals surface area (Å²) in [6, 6.07) is 15.8. The normalized spacial score (nSPS) is 15.4. The average molecular weight is 391 g/mol. The van der Waals surface area contributed by atoms with Crippen LogP contribution in [0, 0.1) is 0 Å². The second-order valence-corrected chi connectivity index (χ2v) is 7.34. The first-order chi connectivity index (χ1) is 14.2. The number of aromatic nitrogens is 1. The van der Waals surface area contributed by atoms with Gasteiger partial charge in [-0.3, -0.25) is 14.7 Å². The number of H-pyrrole nitrogens is 1. The van der Waals surface area contributed by atoms with Crippen molar-refractivity contribution >= 4 is 23.1 Å². The van der Waals surface area contributed by atoms with Crippen LogP contribution in [0.15, 0.2) is 63.8 Å². The summed E-state index contributed by atoms with van der Waals surface area (Å²) in [5.41, 5.74) is 3.45. The van der Waals surface area contributed by atoms with E-state index in [1.807, 2.05) is 35.2 Å². The molecule has 1 amide bonds. The van der Waals surface area contributed by atoms with Gasteiger partial charge in [0.15, 0.2) is 5.58 Å². The number of piperazine rings is 1. The third-order valence-corrected chi connectivity index (χ3v) is 5.31. The fourth-order valence-corrected chi connectivity index (χ4v) is 3.65. The van der Waals surface area contributed by atoms with E-state index < -0.39 is 5.76 Å². The van der Waals surface area contributed by atoms with Gasteiger partial charge in [0.05, 0.1) is 5.52 Å². The number of aromatic amines is 1. The van der Waals surface area contributed by atoms with Gasteiger partial charge in [0, 0.05) is 39.1 Å². The van der Waals surface area contributed by atoms with Crippen LogP contribution in [0.5, 0.6) is 0 Å². The summed E-state index contributed by atoms with van der Waals surface area (Å²) in [6.07, 6.45) is 5.45. The lowest BCUT2D eigenvalue weighted by Gasteiger charge is -2.34. The molecule has 1 aliphatic heterocycles. The highest BCUT2D eigenvalue weighted by molar-refractivity contribution is 5.77. The van der Waals surface area contributed by atoms with E-state index in [9.17, 15) is 9.59 Å². The largest absolute Gasteiger partial charge is 0.417 e. The second-order valence-electron chi connectivity index (χ2n) is 7.34. The molecule has 1 N–H and O–H groups in total. The van der Waals surface area contributed by atoms with Crippen molar-refractivity contribution in [3.05, 3.63) is 76.3 Å². The van der Waals surface area contributed by atoms with Gasteiger partial charge >= 0.3 is 5.76 Å². The molecule has 0 saturated carbocycles. The van der Waals surface area contributed by atoms with Crippen LogP contribution in [0.3, 0.4) is 0 Å². The van der Waals surface area contributed by atoms with Gasteiger partial charge in [-0.05, 0) is 29.7 Å². The van der Waals surface area contributed by atoms with Gasteiger partial charge in [0.1, 0.15) is 0 Å². The molecule has 1 fully saturated rings. The van der Waals surface area contributed by atoms with E-state index in [-0.39, 0.29) is 5.91 Å². The van der Waals surface area contributed by atoms with Crippen molar-refractivity contribution in [2.45, 2.75) is 12.8 Å². The summed E-state index contributed by atoms with van der Waals surface area (Å²) in [5.74, 6) is -0.269. The predicted molar refractivity (Wildman–Crippen MR) is 114 cm³/mol. The Kier molecular flexibility index (Phi) is 5.91. The molecule has 29 heavy (non-hydrogen) atoms. The van der Waals surface area contributed by atoms with E-state index in [1.54, 1.807) is 6.07 Å². The van der Waals surface area contributed by atoms with Crippen LogP contribution >= 0.6 is 0 Å². The summed E-state index contributed by atoms with van der Waals surface area (Å²) in [5, 5.41) is 0. The van der Waals surface area contributed by atoms with Crippen LogP contribution in [0.2, 0.25) is 0 Å². The number of nitrogens with zero attached hydrogens (tertiary/aromatic N) is 2. The number of oxazole rings is 1. The van der Waals surface area contributed by atoms with Crippen molar-refractivity contribution < 1.29 is 9.21 Å². The Morgan fingerprint density at radius 1 is 1.07 bits per heavy atom. The molecule has 3 aromatic rings. The standard InChI is InChI=1S/C23H25N3O3/c27-22(11-9-19-8-10-21-20(17-19)24-23(28)29-21)26-15-13-25(14-16-26)12-4-7-18-5-2-1-3-6-18/h1-8,10,17H,9,11-16H2,(H,24,28)/b7-4+. The van der Waals surface area contributed by atoms with Crippen LogP contribution < -0.4 is 5.76 Å². The first kappa shape index (κ1) is 19.2. The lowest BCUT2D eigenvalue weighted by atomic mass is 10.1. The van der Waals surface area contributed by atoms with Gasteiger partial charge in [-0.2, -0.15) is 0 Å². The van der Waals surface area contributed by atoms with Crippen molar-refractivity contribution in [1.82, 2.24) is 14.8 Å². The zero-order valence-electron chi connectivity index (χ0n) is 16.3. The summed E-state index contributed by atoms with van der Waals surface area (Å²) in [6.45, 7) is 4.23. The minimum absolute atomic E-state index is 0.185. The minimum Gasteiger partial charge on any atom is -0.408 e. The maximum atomic E-state index is 12.6. The smallest absolute Gasteiger partial charge is 0.408 e. The number of fused-ring (bicyclic) bond motifs is 1. The second kappa shape index (κ2) is 8.92. The van der Waals surface area contributed by atoms with E-state index >= 15 is 0 Å². The van der Waals surface area contributed by atoms with Crippen molar-refractivity contribution in [2.24, 2.45) is 0 Å². The number of hydrogen-bond acceptors (Lipinski definition) is 4. The monoisotopic (exact) mass is 391 g/mol. The highest BCUT2D eigenvalue weighted by Crippen LogP contribution is 2.14. The molecule has 6 heteroatoms. The van der Waals surface area contributed by atoms with E-state index in [2.05, 4.69) is 34.2 Å². The third-order valence-electron chi connectivity index (χ3n) is 5.31. The molecule has 6 nitrogen and oxygen atoms in total. The molecule has 1 aliphatic rings. The predicted octanol–water partition coefficient (Wildman–Crippen LogP) is 2.91. The van der Waals surface area contributed by atoms with Crippen molar-refractivity contribution in [3.63, 3.8) is 0 Å². The number of rotatable bonds is 6. The Morgan fingerprint density at radius 3 is 2.66 bits per heavy atom. The molecule has 0 unspecified atom stereocenters. The van der Waals surface area contributed by atoms with Crippen molar-refractivity contribution in [1.29, 1.82) is 0 Å². The fraction of sp³-hybridized carbons (Fsp3) is 0.304.